The molecule has 4 heteroatoms. The van der Waals surface area contributed by atoms with Gasteiger partial charge in [-0.05, 0) is 46.5 Å². The lowest BCUT2D eigenvalue weighted by Crippen LogP contribution is -2.39. The van der Waals surface area contributed by atoms with Crippen LogP contribution in [-0.2, 0) is 6.54 Å². The maximum atomic E-state index is 3.65. The Kier molecular flexibility index (Phi) is 5.40. The van der Waals surface area contributed by atoms with Crippen molar-refractivity contribution in [1.82, 2.24) is 5.32 Å². The highest BCUT2D eigenvalue weighted by Crippen LogP contribution is 2.38. The topological polar surface area (TPSA) is 12.0 Å². The lowest BCUT2D eigenvalue weighted by Gasteiger charge is -2.36. The van der Waals surface area contributed by atoms with Gasteiger partial charge in [-0.3, -0.25) is 0 Å². The van der Waals surface area contributed by atoms with Gasteiger partial charge in [-0.15, -0.1) is 11.3 Å². The van der Waals surface area contributed by atoms with Gasteiger partial charge in [-0.1, -0.05) is 19.3 Å². The number of halogens is 1. The molecule has 1 aromatic heterocycles. The fraction of sp³-hybridized carbons (Fsp3) is 0.692. The zero-order valence-corrected chi connectivity index (χ0v) is 13.5. The first kappa shape index (κ1) is 13.9. The Labute approximate surface area is 121 Å². The lowest BCUT2D eigenvalue weighted by atomic mass is 9.88. The number of thioether (sulfide) groups is 1. The molecule has 0 saturated heterocycles. The van der Waals surface area contributed by atoms with Gasteiger partial charge in [-0.2, -0.15) is 11.8 Å². The molecule has 96 valence electrons. The van der Waals surface area contributed by atoms with Gasteiger partial charge < -0.3 is 5.32 Å². The highest BCUT2D eigenvalue weighted by atomic mass is 79.9. The van der Waals surface area contributed by atoms with Crippen molar-refractivity contribution in [2.24, 2.45) is 0 Å². The molecule has 0 aliphatic heterocycles. The molecular formula is C13H20BrNS2. The van der Waals surface area contributed by atoms with Crippen LogP contribution in [0.15, 0.2) is 15.9 Å². The molecule has 0 radical (unpaired) electrons. The normalized spacial score (nSPS) is 19.4. The van der Waals surface area contributed by atoms with E-state index in [2.05, 4.69) is 50.7 Å². The molecule has 1 saturated carbocycles. The Bertz CT molecular complexity index is 345. The molecule has 1 heterocycles. The van der Waals surface area contributed by atoms with Crippen molar-refractivity contribution in [1.29, 1.82) is 0 Å². The number of nitrogens with one attached hydrogen (secondary N) is 1. The van der Waals surface area contributed by atoms with Crippen LogP contribution in [-0.4, -0.2) is 17.5 Å². The SMILES string of the molecule is CSC1(CNCc2sccc2Br)CCCCC1. The number of hydrogen-bond acceptors (Lipinski definition) is 3. The Hall–Kier alpha value is 0.490. The van der Waals surface area contributed by atoms with Gasteiger partial charge >= 0.3 is 0 Å². The Morgan fingerprint density at radius 1 is 1.41 bits per heavy atom. The zero-order chi connectivity index (χ0) is 12.1. The van der Waals surface area contributed by atoms with Crippen LogP contribution in [0.25, 0.3) is 0 Å². The van der Waals surface area contributed by atoms with Gasteiger partial charge in [0.25, 0.3) is 0 Å². The first-order chi connectivity index (χ1) is 8.26. The predicted octanol–water partition coefficient (Wildman–Crippen LogP) is 4.67. The summed E-state index contributed by atoms with van der Waals surface area (Å²) in [5.74, 6) is 0. The maximum Gasteiger partial charge on any atom is 0.0327 e. The van der Waals surface area contributed by atoms with Gasteiger partial charge in [0.2, 0.25) is 0 Å². The minimum absolute atomic E-state index is 0.502. The van der Waals surface area contributed by atoms with E-state index in [1.165, 1.54) is 41.5 Å². The van der Waals surface area contributed by atoms with E-state index in [9.17, 15) is 0 Å². The van der Waals surface area contributed by atoms with Crippen LogP contribution in [0.2, 0.25) is 0 Å². The van der Waals surface area contributed by atoms with E-state index < -0.39 is 0 Å². The summed E-state index contributed by atoms with van der Waals surface area (Å²) in [6, 6.07) is 2.13. The predicted molar refractivity (Wildman–Crippen MR) is 83.1 cm³/mol. The van der Waals surface area contributed by atoms with Gasteiger partial charge in [-0.25, -0.2) is 0 Å². The molecule has 0 amide bonds. The van der Waals surface area contributed by atoms with Crippen molar-refractivity contribution in [3.05, 3.63) is 20.8 Å². The van der Waals surface area contributed by atoms with Gasteiger partial charge in [0.1, 0.15) is 0 Å². The lowest BCUT2D eigenvalue weighted by molar-refractivity contribution is 0.380. The number of thiophene rings is 1. The molecular weight excluding hydrogens is 314 g/mol. The Morgan fingerprint density at radius 2 is 2.18 bits per heavy atom. The number of hydrogen-bond donors (Lipinski definition) is 1. The van der Waals surface area contributed by atoms with E-state index >= 15 is 0 Å². The average Bonchev–Trinajstić information content (AvgIpc) is 2.76. The molecule has 0 spiro atoms. The van der Waals surface area contributed by atoms with Gasteiger partial charge in [0.15, 0.2) is 0 Å². The summed E-state index contributed by atoms with van der Waals surface area (Å²) >= 11 is 7.48. The monoisotopic (exact) mass is 333 g/mol. The van der Waals surface area contributed by atoms with Crippen molar-refractivity contribution in [3.8, 4) is 0 Å². The summed E-state index contributed by atoms with van der Waals surface area (Å²) in [5, 5.41) is 5.79. The first-order valence-corrected chi connectivity index (χ1v) is 9.13. The first-order valence-electron chi connectivity index (χ1n) is 6.23. The molecule has 1 aliphatic carbocycles. The van der Waals surface area contributed by atoms with E-state index in [0.717, 1.165) is 13.1 Å². The molecule has 0 unspecified atom stereocenters. The van der Waals surface area contributed by atoms with Crippen LogP contribution in [0, 0.1) is 0 Å². The van der Waals surface area contributed by atoms with Crippen LogP contribution < -0.4 is 5.32 Å². The third-order valence-electron chi connectivity index (χ3n) is 3.62. The third-order valence-corrected chi connectivity index (χ3v) is 6.97. The molecule has 1 nitrogen and oxygen atoms in total. The highest BCUT2D eigenvalue weighted by Gasteiger charge is 2.30. The van der Waals surface area contributed by atoms with E-state index in [0.29, 0.717) is 4.75 Å². The van der Waals surface area contributed by atoms with Crippen LogP contribution in [0.4, 0.5) is 0 Å². The maximum absolute atomic E-state index is 3.65. The van der Waals surface area contributed by atoms with Crippen molar-refractivity contribution in [2.75, 3.05) is 12.8 Å². The summed E-state index contributed by atoms with van der Waals surface area (Å²) in [6.07, 6.45) is 9.28. The van der Waals surface area contributed by atoms with Crippen LogP contribution in [0.5, 0.6) is 0 Å². The van der Waals surface area contributed by atoms with E-state index in [1.807, 2.05) is 11.3 Å². The van der Waals surface area contributed by atoms with Gasteiger partial charge in [0.05, 0.1) is 0 Å². The van der Waals surface area contributed by atoms with E-state index in [1.54, 1.807) is 0 Å². The quantitative estimate of drug-likeness (QED) is 0.840. The molecule has 0 atom stereocenters. The summed E-state index contributed by atoms with van der Waals surface area (Å²) < 4.78 is 1.75. The second-order valence-electron chi connectivity index (χ2n) is 4.74. The van der Waals surface area contributed by atoms with Crippen molar-refractivity contribution >= 4 is 39.0 Å². The molecule has 1 aromatic rings. The molecule has 2 rings (SSSR count). The fourth-order valence-corrected chi connectivity index (χ4v) is 4.91. The van der Waals surface area contributed by atoms with Crippen molar-refractivity contribution < 1.29 is 0 Å². The minimum Gasteiger partial charge on any atom is -0.310 e. The Balaban J connectivity index is 1.82. The highest BCUT2D eigenvalue weighted by molar-refractivity contribution is 9.10. The Morgan fingerprint density at radius 3 is 2.76 bits per heavy atom. The standard InChI is InChI=1S/C13H20BrNS2/c1-16-13(6-3-2-4-7-13)10-15-9-12-11(14)5-8-17-12/h5,8,15H,2-4,6-7,9-10H2,1H3. The van der Waals surface area contributed by atoms with Crippen LogP contribution in [0.3, 0.4) is 0 Å². The molecule has 0 bridgehead atoms. The summed E-state index contributed by atoms with van der Waals surface area (Å²) in [4.78, 5) is 1.41. The number of rotatable bonds is 5. The average molecular weight is 334 g/mol. The van der Waals surface area contributed by atoms with E-state index in [4.69, 9.17) is 0 Å². The second kappa shape index (κ2) is 6.60. The minimum atomic E-state index is 0.502. The van der Waals surface area contributed by atoms with Crippen LogP contribution >= 0.6 is 39.0 Å². The fourth-order valence-electron chi connectivity index (χ4n) is 2.50. The summed E-state index contributed by atoms with van der Waals surface area (Å²) in [7, 11) is 0. The summed E-state index contributed by atoms with van der Waals surface area (Å²) in [6.45, 7) is 2.15. The largest absolute Gasteiger partial charge is 0.310 e. The van der Waals surface area contributed by atoms with Gasteiger partial charge in [0, 0.05) is 27.2 Å². The smallest absolute Gasteiger partial charge is 0.0327 e. The van der Waals surface area contributed by atoms with Crippen molar-refractivity contribution in [2.45, 2.75) is 43.4 Å². The summed E-state index contributed by atoms with van der Waals surface area (Å²) in [5.41, 5.74) is 0. The molecule has 17 heavy (non-hydrogen) atoms. The molecule has 1 aliphatic rings. The molecule has 1 fully saturated rings. The van der Waals surface area contributed by atoms with Crippen molar-refractivity contribution in [3.63, 3.8) is 0 Å². The molecule has 1 N–H and O–H groups in total. The second-order valence-corrected chi connectivity index (χ2v) is 7.87. The zero-order valence-electron chi connectivity index (χ0n) is 10.3. The molecule has 0 aromatic carbocycles. The van der Waals surface area contributed by atoms with E-state index in [-0.39, 0.29) is 0 Å². The van der Waals surface area contributed by atoms with Crippen LogP contribution in [0.1, 0.15) is 37.0 Å². The third kappa shape index (κ3) is 3.72.